The Balaban J connectivity index is 1.64. The summed E-state index contributed by atoms with van der Waals surface area (Å²) in [5.41, 5.74) is 1.45. The van der Waals surface area contributed by atoms with E-state index in [2.05, 4.69) is 9.97 Å². The van der Waals surface area contributed by atoms with Gasteiger partial charge in [0.05, 0.1) is 18.0 Å². The maximum Gasteiger partial charge on any atom is 0.164 e. The highest BCUT2D eigenvalue weighted by Gasteiger charge is 2.27. The van der Waals surface area contributed by atoms with Gasteiger partial charge in [-0.2, -0.15) is 0 Å². The van der Waals surface area contributed by atoms with Gasteiger partial charge >= 0.3 is 0 Å². The molecule has 0 unspecified atom stereocenters. The van der Waals surface area contributed by atoms with Crippen LogP contribution in [0.3, 0.4) is 0 Å². The standard InChI is InChI=1S/C16H18FN3O/c17-14-11-19-7-3-15(14)20-8-4-12(5-9-20)16(21)13-2-1-6-18-10-13/h1-3,6-7,10-12,16,21H,4-5,8-9H2/t16-/m0/s1. The van der Waals surface area contributed by atoms with Crippen molar-refractivity contribution in [2.24, 2.45) is 5.92 Å². The molecule has 2 aromatic rings. The molecule has 4 nitrogen and oxygen atoms in total. The first-order valence-corrected chi connectivity index (χ1v) is 7.18. The van der Waals surface area contributed by atoms with Gasteiger partial charge in [0.15, 0.2) is 5.82 Å². The minimum atomic E-state index is -0.497. The molecule has 5 heteroatoms. The Bertz CT molecular complexity index is 585. The van der Waals surface area contributed by atoms with Gasteiger partial charge in [-0.1, -0.05) is 6.07 Å². The summed E-state index contributed by atoms with van der Waals surface area (Å²) in [4.78, 5) is 9.84. The van der Waals surface area contributed by atoms with Gasteiger partial charge in [-0.25, -0.2) is 4.39 Å². The Hall–Kier alpha value is -2.01. The first kappa shape index (κ1) is 13.9. The van der Waals surface area contributed by atoms with Crippen molar-refractivity contribution in [2.45, 2.75) is 18.9 Å². The Morgan fingerprint density at radius 1 is 1.14 bits per heavy atom. The molecule has 0 amide bonds. The molecule has 1 aliphatic rings. The third-order valence-electron chi connectivity index (χ3n) is 4.10. The van der Waals surface area contributed by atoms with Crippen molar-refractivity contribution in [1.29, 1.82) is 0 Å². The van der Waals surface area contributed by atoms with Crippen LogP contribution in [0.1, 0.15) is 24.5 Å². The summed E-state index contributed by atoms with van der Waals surface area (Å²) in [6.07, 6.45) is 7.42. The highest BCUT2D eigenvalue weighted by Crippen LogP contribution is 2.32. The Kier molecular flexibility index (Phi) is 4.10. The molecule has 3 rings (SSSR count). The molecule has 3 heterocycles. The minimum Gasteiger partial charge on any atom is -0.388 e. The maximum atomic E-state index is 13.7. The second kappa shape index (κ2) is 6.18. The van der Waals surface area contributed by atoms with E-state index < -0.39 is 6.10 Å². The summed E-state index contributed by atoms with van der Waals surface area (Å²) in [7, 11) is 0. The lowest BCUT2D eigenvalue weighted by Gasteiger charge is -2.35. The van der Waals surface area contributed by atoms with Gasteiger partial charge in [0.2, 0.25) is 0 Å². The summed E-state index contributed by atoms with van der Waals surface area (Å²) in [5, 5.41) is 10.4. The molecule has 2 aromatic heterocycles. The number of hydrogen-bond donors (Lipinski definition) is 1. The van der Waals surface area contributed by atoms with Gasteiger partial charge in [-0.15, -0.1) is 0 Å². The molecular formula is C16H18FN3O. The van der Waals surface area contributed by atoms with E-state index in [0.29, 0.717) is 5.69 Å². The van der Waals surface area contributed by atoms with Crippen LogP contribution in [-0.4, -0.2) is 28.2 Å². The van der Waals surface area contributed by atoms with Gasteiger partial charge < -0.3 is 10.0 Å². The lowest BCUT2D eigenvalue weighted by atomic mass is 9.88. The largest absolute Gasteiger partial charge is 0.388 e. The average Bonchev–Trinajstić information content (AvgIpc) is 2.56. The highest BCUT2D eigenvalue weighted by molar-refractivity contribution is 5.46. The molecule has 0 aromatic carbocycles. The Labute approximate surface area is 123 Å². The molecule has 1 aliphatic heterocycles. The molecule has 0 saturated carbocycles. The monoisotopic (exact) mass is 287 g/mol. The molecule has 0 spiro atoms. The third-order valence-corrected chi connectivity index (χ3v) is 4.10. The van der Waals surface area contributed by atoms with Crippen molar-refractivity contribution in [3.63, 3.8) is 0 Å². The second-order valence-electron chi connectivity index (χ2n) is 5.38. The lowest BCUT2D eigenvalue weighted by molar-refractivity contribution is 0.0926. The first-order chi connectivity index (χ1) is 10.3. The van der Waals surface area contributed by atoms with E-state index in [9.17, 15) is 9.50 Å². The number of rotatable bonds is 3. The van der Waals surface area contributed by atoms with Crippen molar-refractivity contribution in [2.75, 3.05) is 18.0 Å². The zero-order chi connectivity index (χ0) is 14.7. The van der Waals surface area contributed by atoms with Crippen LogP contribution in [0.5, 0.6) is 0 Å². The van der Waals surface area contributed by atoms with Crippen molar-refractivity contribution >= 4 is 5.69 Å². The molecule has 110 valence electrons. The van der Waals surface area contributed by atoms with Crippen molar-refractivity contribution in [1.82, 2.24) is 9.97 Å². The first-order valence-electron chi connectivity index (χ1n) is 7.18. The van der Waals surface area contributed by atoms with Crippen molar-refractivity contribution < 1.29 is 9.50 Å². The van der Waals surface area contributed by atoms with Crippen LogP contribution in [-0.2, 0) is 0 Å². The number of aliphatic hydroxyl groups is 1. The summed E-state index contributed by atoms with van der Waals surface area (Å²) < 4.78 is 13.7. The number of halogens is 1. The van der Waals surface area contributed by atoms with E-state index in [4.69, 9.17) is 0 Å². The van der Waals surface area contributed by atoms with Crippen LogP contribution in [0.2, 0.25) is 0 Å². The lowest BCUT2D eigenvalue weighted by Crippen LogP contribution is -2.36. The zero-order valence-electron chi connectivity index (χ0n) is 11.7. The molecular weight excluding hydrogens is 269 g/mol. The number of aromatic nitrogens is 2. The molecule has 1 atom stereocenters. The molecule has 1 N–H and O–H groups in total. The quantitative estimate of drug-likeness (QED) is 0.942. The molecule has 1 saturated heterocycles. The van der Waals surface area contributed by atoms with E-state index in [1.54, 1.807) is 24.7 Å². The van der Waals surface area contributed by atoms with Crippen LogP contribution in [0.15, 0.2) is 43.0 Å². The van der Waals surface area contributed by atoms with Gasteiger partial charge in [0, 0.05) is 31.7 Å². The van der Waals surface area contributed by atoms with Gasteiger partial charge in [0.25, 0.3) is 0 Å². The van der Waals surface area contributed by atoms with Crippen molar-refractivity contribution in [3.05, 3.63) is 54.4 Å². The number of piperidine rings is 1. The van der Waals surface area contributed by atoms with Gasteiger partial charge in [-0.3, -0.25) is 9.97 Å². The fraction of sp³-hybridized carbons (Fsp3) is 0.375. The third kappa shape index (κ3) is 3.03. The van der Waals surface area contributed by atoms with E-state index in [-0.39, 0.29) is 11.7 Å². The average molecular weight is 287 g/mol. The van der Waals surface area contributed by atoms with Gasteiger partial charge in [0.1, 0.15) is 0 Å². The van der Waals surface area contributed by atoms with Gasteiger partial charge in [-0.05, 0) is 36.5 Å². The number of hydrogen-bond acceptors (Lipinski definition) is 4. The van der Waals surface area contributed by atoms with Crippen LogP contribution in [0.25, 0.3) is 0 Å². The molecule has 0 radical (unpaired) electrons. The minimum absolute atomic E-state index is 0.190. The number of nitrogens with zero attached hydrogens (tertiary/aromatic N) is 3. The fourth-order valence-corrected chi connectivity index (χ4v) is 2.90. The molecule has 1 fully saturated rings. The number of anilines is 1. The van der Waals surface area contributed by atoms with Crippen LogP contribution >= 0.6 is 0 Å². The summed E-state index contributed by atoms with van der Waals surface area (Å²) in [6, 6.07) is 5.43. The highest BCUT2D eigenvalue weighted by atomic mass is 19.1. The molecule has 0 bridgehead atoms. The van der Waals surface area contributed by atoms with E-state index in [1.165, 1.54) is 6.20 Å². The fourth-order valence-electron chi connectivity index (χ4n) is 2.90. The summed E-state index contributed by atoms with van der Waals surface area (Å²) >= 11 is 0. The number of aliphatic hydroxyl groups excluding tert-OH is 1. The van der Waals surface area contributed by atoms with E-state index in [1.807, 2.05) is 17.0 Å². The Morgan fingerprint density at radius 2 is 1.90 bits per heavy atom. The zero-order valence-corrected chi connectivity index (χ0v) is 11.7. The second-order valence-corrected chi connectivity index (χ2v) is 5.38. The van der Waals surface area contributed by atoms with E-state index >= 15 is 0 Å². The maximum absolute atomic E-state index is 13.7. The van der Waals surface area contributed by atoms with Crippen LogP contribution < -0.4 is 4.90 Å². The van der Waals surface area contributed by atoms with Crippen molar-refractivity contribution in [3.8, 4) is 0 Å². The predicted molar refractivity (Wildman–Crippen MR) is 78.3 cm³/mol. The predicted octanol–water partition coefficient (Wildman–Crippen LogP) is 2.57. The Morgan fingerprint density at radius 3 is 2.57 bits per heavy atom. The summed E-state index contributed by atoms with van der Waals surface area (Å²) in [6.45, 7) is 1.48. The van der Waals surface area contributed by atoms with E-state index in [0.717, 1.165) is 31.5 Å². The summed E-state index contributed by atoms with van der Waals surface area (Å²) in [5.74, 6) is -0.0980. The molecule has 0 aliphatic carbocycles. The normalized spacial score (nSPS) is 17.7. The SMILES string of the molecule is O[C@H](c1cccnc1)C1CCN(c2ccncc2F)CC1. The molecule has 21 heavy (non-hydrogen) atoms. The number of pyridine rings is 2. The van der Waals surface area contributed by atoms with Crippen LogP contribution in [0, 0.1) is 11.7 Å². The topological polar surface area (TPSA) is 49.3 Å². The van der Waals surface area contributed by atoms with Crippen LogP contribution in [0.4, 0.5) is 10.1 Å². The smallest absolute Gasteiger partial charge is 0.164 e.